The highest BCUT2D eigenvalue weighted by Crippen LogP contribution is 2.33. The third-order valence-electron chi connectivity index (χ3n) is 5.07. The Morgan fingerprint density at radius 2 is 2.00 bits per heavy atom. The van der Waals surface area contributed by atoms with Crippen molar-refractivity contribution in [3.05, 3.63) is 23.8 Å². The molecule has 9 heteroatoms. The molecule has 1 fully saturated rings. The summed E-state index contributed by atoms with van der Waals surface area (Å²) in [5.74, 6) is 1.00. The van der Waals surface area contributed by atoms with E-state index >= 15 is 0 Å². The van der Waals surface area contributed by atoms with E-state index in [0.717, 1.165) is 45.7 Å². The summed E-state index contributed by atoms with van der Waals surface area (Å²) in [7, 11) is 2.17. The number of para-hydroxylation sites is 1. The summed E-state index contributed by atoms with van der Waals surface area (Å²) in [5, 5.41) is 6.54. The van der Waals surface area contributed by atoms with Crippen molar-refractivity contribution in [2.75, 3.05) is 59.5 Å². The van der Waals surface area contributed by atoms with E-state index in [-0.39, 0.29) is 12.3 Å². The van der Waals surface area contributed by atoms with Crippen LogP contribution in [0.15, 0.2) is 23.2 Å². The fourth-order valence-corrected chi connectivity index (χ4v) is 3.52. The molecule has 2 rings (SSSR count). The number of nitrogens with one attached hydrogen (secondary N) is 2. The largest absolute Gasteiger partial charge is 0.490 e. The number of guanidine groups is 1. The van der Waals surface area contributed by atoms with Gasteiger partial charge in [-0.3, -0.25) is 0 Å². The lowest BCUT2D eigenvalue weighted by Gasteiger charge is -2.20. The molecular weight excluding hydrogens is 404 g/mol. The summed E-state index contributed by atoms with van der Waals surface area (Å²) in [4.78, 5) is 9.43. The van der Waals surface area contributed by atoms with Gasteiger partial charge < -0.3 is 29.9 Å². The lowest BCUT2D eigenvalue weighted by molar-refractivity contribution is -0.0520. The third kappa shape index (κ3) is 9.26. The first kappa shape index (κ1) is 25.1. The lowest BCUT2D eigenvalue weighted by atomic mass is 10.2. The third-order valence-corrected chi connectivity index (χ3v) is 5.07. The number of rotatable bonds is 11. The smallest absolute Gasteiger partial charge is 0.387 e. The number of alkyl halides is 2. The van der Waals surface area contributed by atoms with Crippen molar-refractivity contribution in [3.63, 3.8) is 0 Å². The molecular formula is C22H37F2N5O2. The van der Waals surface area contributed by atoms with E-state index in [9.17, 15) is 8.78 Å². The van der Waals surface area contributed by atoms with Crippen molar-refractivity contribution in [1.82, 2.24) is 20.4 Å². The minimum Gasteiger partial charge on any atom is -0.490 e. The highest BCUT2D eigenvalue weighted by atomic mass is 19.3. The van der Waals surface area contributed by atoms with Crippen LogP contribution in [-0.2, 0) is 6.54 Å². The summed E-state index contributed by atoms with van der Waals surface area (Å²) in [5.41, 5.74) is 0.553. The number of hydrogen-bond donors (Lipinski definition) is 2. The molecule has 1 heterocycles. The molecule has 1 aliphatic rings. The molecule has 1 aliphatic heterocycles. The topological polar surface area (TPSA) is 61.4 Å². The quantitative estimate of drug-likeness (QED) is 0.313. The molecule has 0 bridgehead atoms. The van der Waals surface area contributed by atoms with Gasteiger partial charge in [-0.25, -0.2) is 4.99 Å². The number of likely N-dealkylation sites (N-methyl/N-ethyl adjacent to an activating group) is 1. The van der Waals surface area contributed by atoms with Crippen LogP contribution in [0, 0.1) is 0 Å². The number of nitrogens with zero attached hydrogens (tertiary/aromatic N) is 3. The molecule has 0 unspecified atom stereocenters. The van der Waals surface area contributed by atoms with Crippen LogP contribution in [-0.4, -0.2) is 81.8 Å². The molecule has 0 amide bonds. The standard InChI is InChI=1S/C22H37F2N5O2/c1-4-25-22(26-11-7-13-29-14-8-12-28(3)15-16-29)27-17-18-9-6-10-19(30-5-2)20(18)31-21(23)24/h6,9-10,21H,4-5,7-8,11-17H2,1-3H3,(H2,25,26,27). The molecule has 0 aromatic heterocycles. The Hall–Kier alpha value is -2.13. The van der Waals surface area contributed by atoms with E-state index in [1.54, 1.807) is 25.1 Å². The van der Waals surface area contributed by atoms with Crippen LogP contribution in [0.5, 0.6) is 11.5 Å². The van der Waals surface area contributed by atoms with E-state index in [2.05, 4.69) is 32.5 Å². The van der Waals surface area contributed by atoms with Gasteiger partial charge in [-0.1, -0.05) is 12.1 Å². The van der Waals surface area contributed by atoms with Gasteiger partial charge >= 0.3 is 6.61 Å². The predicted molar refractivity (Wildman–Crippen MR) is 120 cm³/mol. The van der Waals surface area contributed by atoms with Gasteiger partial charge in [-0.15, -0.1) is 0 Å². The maximum atomic E-state index is 12.9. The van der Waals surface area contributed by atoms with Gasteiger partial charge in [0.05, 0.1) is 13.2 Å². The summed E-state index contributed by atoms with van der Waals surface area (Å²) in [6.07, 6.45) is 2.21. The molecule has 31 heavy (non-hydrogen) atoms. The fraction of sp³-hybridized carbons (Fsp3) is 0.682. The minimum absolute atomic E-state index is 0.0464. The predicted octanol–water partition coefficient (Wildman–Crippen LogP) is 2.77. The second-order valence-electron chi connectivity index (χ2n) is 7.53. The van der Waals surface area contributed by atoms with Gasteiger partial charge in [0.15, 0.2) is 17.5 Å². The van der Waals surface area contributed by atoms with Gasteiger partial charge in [0.25, 0.3) is 0 Å². The molecule has 0 spiro atoms. The molecule has 7 nitrogen and oxygen atoms in total. The maximum absolute atomic E-state index is 12.9. The van der Waals surface area contributed by atoms with E-state index in [0.29, 0.717) is 30.4 Å². The highest BCUT2D eigenvalue weighted by Gasteiger charge is 2.16. The van der Waals surface area contributed by atoms with Crippen molar-refractivity contribution in [2.24, 2.45) is 4.99 Å². The lowest BCUT2D eigenvalue weighted by Crippen LogP contribution is -2.39. The molecule has 1 aromatic carbocycles. The highest BCUT2D eigenvalue weighted by molar-refractivity contribution is 5.79. The molecule has 1 aromatic rings. The number of aliphatic imine (C=N–C) groups is 1. The Labute approximate surface area is 184 Å². The van der Waals surface area contributed by atoms with Crippen molar-refractivity contribution in [2.45, 2.75) is 39.8 Å². The van der Waals surface area contributed by atoms with Gasteiger partial charge in [-0.2, -0.15) is 8.78 Å². The molecule has 2 N–H and O–H groups in total. The first-order valence-electron chi connectivity index (χ1n) is 11.2. The average Bonchev–Trinajstić information content (AvgIpc) is 2.95. The first-order valence-corrected chi connectivity index (χ1v) is 11.2. The maximum Gasteiger partial charge on any atom is 0.387 e. The molecule has 1 saturated heterocycles. The number of benzene rings is 1. The van der Waals surface area contributed by atoms with E-state index in [1.165, 1.54) is 6.42 Å². The zero-order chi connectivity index (χ0) is 22.5. The molecule has 0 atom stereocenters. The Morgan fingerprint density at radius 3 is 2.74 bits per heavy atom. The Balaban J connectivity index is 1.92. The average molecular weight is 442 g/mol. The van der Waals surface area contributed by atoms with Crippen LogP contribution in [0.4, 0.5) is 8.78 Å². The summed E-state index contributed by atoms with van der Waals surface area (Å²) in [6.45, 7) is 8.50. The Bertz CT molecular complexity index is 675. The van der Waals surface area contributed by atoms with Gasteiger partial charge in [0, 0.05) is 31.7 Å². The second-order valence-corrected chi connectivity index (χ2v) is 7.53. The van der Waals surface area contributed by atoms with Crippen molar-refractivity contribution in [1.29, 1.82) is 0 Å². The van der Waals surface area contributed by atoms with Crippen molar-refractivity contribution in [3.8, 4) is 11.5 Å². The number of ether oxygens (including phenoxy) is 2. The molecule has 0 radical (unpaired) electrons. The van der Waals surface area contributed by atoms with Crippen molar-refractivity contribution >= 4 is 5.96 Å². The van der Waals surface area contributed by atoms with Crippen LogP contribution in [0.3, 0.4) is 0 Å². The van der Waals surface area contributed by atoms with Crippen molar-refractivity contribution < 1.29 is 18.3 Å². The second kappa shape index (κ2) is 14.0. The number of halogens is 2. The summed E-state index contributed by atoms with van der Waals surface area (Å²) in [6, 6.07) is 5.11. The monoisotopic (exact) mass is 441 g/mol. The fourth-order valence-electron chi connectivity index (χ4n) is 3.52. The van der Waals surface area contributed by atoms with Crippen LogP contribution in [0.1, 0.15) is 32.3 Å². The Morgan fingerprint density at radius 1 is 1.16 bits per heavy atom. The van der Waals surface area contributed by atoms with E-state index in [1.807, 2.05) is 6.92 Å². The Kier molecular flexibility index (Phi) is 11.4. The first-order chi connectivity index (χ1) is 15.0. The minimum atomic E-state index is -2.92. The van der Waals surface area contributed by atoms with Gasteiger partial charge in [0.2, 0.25) is 0 Å². The van der Waals surface area contributed by atoms with E-state index in [4.69, 9.17) is 9.47 Å². The van der Waals surface area contributed by atoms with Crippen LogP contribution in [0.2, 0.25) is 0 Å². The normalized spacial score (nSPS) is 16.3. The van der Waals surface area contributed by atoms with Gasteiger partial charge in [-0.05, 0) is 59.4 Å². The zero-order valence-corrected chi connectivity index (χ0v) is 19.0. The van der Waals surface area contributed by atoms with Crippen LogP contribution < -0.4 is 20.1 Å². The number of hydrogen-bond acceptors (Lipinski definition) is 5. The molecule has 0 saturated carbocycles. The van der Waals surface area contributed by atoms with Crippen LogP contribution in [0.25, 0.3) is 0 Å². The summed E-state index contributed by atoms with van der Waals surface area (Å²) >= 11 is 0. The summed E-state index contributed by atoms with van der Waals surface area (Å²) < 4.78 is 36.0. The zero-order valence-electron chi connectivity index (χ0n) is 19.0. The molecule has 0 aliphatic carbocycles. The SMILES string of the molecule is CCNC(=NCc1cccc(OCC)c1OC(F)F)NCCCN1CCCN(C)CC1. The van der Waals surface area contributed by atoms with E-state index < -0.39 is 6.61 Å². The van der Waals surface area contributed by atoms with Crippen LogP contribution >= 0.6 is 0 Å². The molecule has 176 valence electrons. The van der Waals surface area contributed by atoms with Gasteiger partial charge in [0.1, 0.15) is 0 Å².